The summed E-state index contributed by atoms with van der Waals surface area (Å²) in [6.45, 7) is 9.84. The number of ketones is 3. The standard InChI is InChI=1S/C53H76N4O14/c1-6-12-46-70-41-27-37-36-18-17-33-26-34(58)21-22-51(33,4)47(36)39(60)28-52(37,5)53(41,71-46)40(61)30-67-45-16-10-14-35(69-45)29-68-49(65)32(13-11-23-55-50(54)66)25-38(59)48(31(2)3)56-42(62)15-8-7-9-24-57-43(63)19-20-44(57)64/h19-22,26,31-32,35-37,39,41,45-48,60H,6-18,23-25,27-30H2,1-5H3,(H,56,62)(H3,54,55,66)/t32-,35?,36+,37+,39+,41-,45?,46?,47-,48+,51+,52+,53-/m1/s1. The van der Waals surface area contributed by atoms with Crippen LogP contribution in [-0.4, -0.2) is 126 Å². The number of esters is 1. The number of nitrogens with one attached hydrogen (secondary N) is 2. The highest BCUT2D eigenvalue weighted by atomic mass is 16.7. The summed E-state index contributed by atoms with van der Waals surface area (Å²) in [4.78, 5) is 104. The summed E-state index contributed by atoms with van der Waals surface area (Å²) in [5, 5.41) is 17.5. The Bertz CT molecular complexity index is 2120. The minimum atomic E-state index is -1.35. The van der Waals surface area contributed by atoms with Gasteiger partial charge < -0.3 is 45.2 Å². The van der Waals surface area contributed by atoms with E-state index < -0.39 is 71.3 Å². The second-order valence-electron chi connectivity index (χ2n) is 21.7. The van der Waals surface area contributed by atoms with Gasteiger partial charge in [-0.1, -0.05) is 59.1 Å². The molecule has 5 amide bonds. The van der Waals surface area contributed by atoms with Crippen molar-refractivity contribution in [1.29, 1.82) is 0 Å². The molecule has 392 valence electrons. The molecule has 7 aliphatic rings. The predicted molar refractivity (Wildman–Crippen MR) is 256 cm³/mol. The first kappa shape index (κ1) is 54.2. The van der Waals surface area contributed by atoms with Crippen molar-refractivity contribution in [3.8, 4) is 0 Å². The molecule has 4 aliphatic carbocycles. The maximum atomic E-state index is 14.9. The minimum Gasteiger partial charge on any atom is -0.463 e. The maximum Gasteiger partial charge on any atom is 0.312 e. The van der Waals surface area contributed by atoms with E-state index in [1.165, 1.54) is 12.2 Å². The molecule has 0 aromatic rings. The lowest BCUT2D eigenvalue weighted by molar-refractivity contribution is -0.220. The predicted octanol–water partition coefficient (Wildman–Crippen LogP) is 4.83. The molecule has 2 saturated heterocycles. The average Bonchev–Trinajstić information content (AvgIpc) is 3.94. The number of nitrogens with zero attached hydrogens (tertiary/aromatic N) is 1. The lowest BCUT2D eigenvalue weighted by atomic mass is 9.46. The summed E-state index contributed by atoms with van der Waals surface area (Å²) >= 11 is 0. The number of nitrogens with two attached hydrogens (primary N) is 1. The lowest BCUT2D eigenvalue weighted by Gasteiger charge is -2.59. The molecule has 13 atom stereocenters. The van der Waals surface area contributed by atoms with Gasteiger partial charge in [0.05, 0.1) is 30.3 Å². The first-order valence-corrected chi connectivity index (χ1v) is 26.1. The molecule has 3 aliphatic heterocycles. The number of amides is 5. The molecule has 3 saturated carbocycles. The van der Waals surface area contributed by atoms with Crippen LogP contribution in [0.5, 0.6) is 0 Å². The second-order valence-corrected chi connectivity index (χ2v) is 21.7. The van der Waals surface area contributed by atoms with Gasteiger partial charge in [-0.2, -0.15) is 0 Å². The van der Waals surface area contributed by atoms with Gasteiger partial charge in [0, 0.05) is 54.8 Å². The third-order valence-electron chi connectivity index (χ3n) is 16.7. The Hall–Kier alpha value is -4.62. The van der Waals surface area contributed by atoms with Crippen molar-refractivity contribution < 1.29 is 67.1 Å². The van der Waals surface area contributed by atoms with Crippen LogP contribution in [0, 0.1) is 40.4 Å². The van der Waals surface area contributed by atoms with Gasteiger partial charge in [0.25, 0.3) is 11.8 Å². The topological polar surface area (TPSA) is 256 Å². The van der Waals surface area contributed by atoms with Gasteiger partial charge in [0.1, 0.15) is 13.2 Å². The quantitative estimate of drug-likeness (QED) is 0.0574. The van der Waals surface area contributed by atoms with E-state index in [0.29, 0.717) is 64.2 Å². The van der Waals surface area contributed by atoms with Crippen LogP contribution in [0.25, 0.3) is 0 Å². The summed E-state index contributed by atoms with van der Waals surface area (Å²) < 4.78 is 31.8. The molecule has 0 radical (unpaired) electrons. The fraction of sp³-hybridized carbons (Fsp3) is 0.736. The molecule has 18 heteroatoms. The summed E-state index contributed by atoms with van der Waals surface area (Å²) in [6, 6.07) is -1.59. The number of carbonyl (C=O) groups is 8. The molecular weight excluding hydrogens is 917 g/mol. The number of ether oxygens (including phenoxy) is 5. The number of aliphatic hydroxyl groups excluding tert-OH is 1. The largest absolute Gasteiger partial charge is 0.463 e. The van der Waals surface area contributed by atoms with Gasteiger partial charge in [0.15, 0.2) is 35.5 Å². The third kappa shape index (κ3) is 11.6. The molecule has 71 heavy (non-hydrogen) atoms. The first-order chi connectivity index (χ1) is 33.8. The number of allylic oxidation sites excluding steroid dienone is 4. The molecule has 0 bridgehead atoms. The zero-order valence-electron chi connectivity index (χ0n) is 42.2. The number of urea groups is 1. The summed E-state index contributed by atoms with van der Waals surface area (Å²) in [5.74, 6) is -3.50. The van der Waals surface area contributed by atoms with E-state index in [2.05, 4.69) is 24.5 Å². The number of hydrogen-bond acceptors (Lipinski definition) is 14. The Morgan fingerprint density at radius 3 is 2.46 bits per heavy atom. The lowest BCUT2D eigenvalue weighted by Crippen LogP contribution is -2.63. The van der Waals surface area contributed by atoms with Crippen molar-refractivity contribution in [1.82, 2.24) is 15.5 Å². The van der Waals surface area contributed by atoms with Crippen LogP contribution in [0.15, 0.2) is 36.0 Å². The van der Waals surface area contributed by atoms with Crippen molar-refractivity contribution >= 4 is 47.1 Å². The summed E-state index contributed by atoms with van der Waals surface area (Å²) in [5.41, 5.74) is 3.73. The van der Waals surface area contributed by atoms with Crippen LogP contribution in [-0.2, 0) is 57.2 Å². The molecule has 0 spiro atoms. The Balaban J connectivity index is 0.935. The van der Waals surface area contributed by atoms with Gasteiger partial charge in [-0.15, -0.1) is 0 Å². The number of carbonyl (C=O) groups excluding carboxylic acids is 8. The normalized spacial score (nSPS) is 33.7. The zero-order valence-corrected chi connectivity index (χ0v) is 42.2. The third-order valence-corrected chi connectivity index (χ3v) is 16.7. The number of imide groups is 1. The average molecular weight is 993 g/mol. The van der Waals surface area contributed by atoms with Crippen LogP contribution < -0.4 is 16.4 Å². The van der Waals surface area contributed by atoms with Crippen molar-refractivity contribution in [2.24, 2.45) is 46.2 Å². The second kappa shape index (κ2) is 23.1. The van der Waals surface area contributed by atoms with Crippen LogP contribution >= 0.6 is 0 Å². The molecule has 5 fully saturated rings. The van der Waals surface area contributed by atoms with Gasteiger partial charge in [0.2, 0.25) is 5.91 Å². The molecule has 0 aromatic carbocycles. The highest BCUT2D eigenvalue weighted by Crippen LogP contribution is 2.69. The van der Waals surface area contributed by atoms with Crippen LogP contribution in [0.4, 0.5) is 4.79 Å². The number of unbranched alkanes of at least 4 members (excludes halogenated alkanes) is 2. The van der Waals surface area contributed by atoms with Crippen LogP contribution in [0.2, 0.25) is 0 Å². The summed E-state index contributed by atoms with van der Waals surface area (Å²) in [7, 11) is 0. The van der Waals surface area contributed by atoms with Gasteiger partial charge in [-0.25, -0.2) is 4.79 Å². The number of aliphatic hydroxyl groups is 1. The molecule has 18 nitrogen and oxygen atoms in total. The van der Waals surface area contributed by atoms with Gasteiger partial charge in [-0.3, -0.25) is 38.5 Å². The van der Waals surface area contributed by atoms with Crippen LogP contribution in [0.1, 0.15) is 137 Å². The fourth-order valence-electron chi connectivity index (χ4n) is 13.2. The number of Topliss-reactive ketones (excluding diaryl/α,β-unsaturated/α-hetero) is 2. The number of fused-ring (bicyclic) bond motifs is 7. The molecule has 0 aromatic heterocycles. The monoisotopic (exact) mass is 993 g/mol. The zero-order chi connectivity index (χ0) is 51.3. The molecule has 5 N–H and O–H groups in total. The fourth-order valence-corrected chi connectivity index (χ4v) is 13.2. The van der Waals surface area contributed by atoms with Crippen molar-refractivity contribution in [2.45, 2.75) is 180 Å². The number of rotatable bonds is 24. The minimum absolute atomic E-state index is 0.0179. The van der Waals surface area contributed by atoms with E-state index in [0.717, 1.165) is 29.7 Å². The Kier molecular flexibility index (Phi) is 17.6. The van der Waals surface area contributed by atoms with E-state index in [1.54, 1.807) is 26.0 Å². The van der Waals surface area contributed by atoms with E-state index in [1.807, 2.05) is 13.0 Å². The molecule has 7 rings (SSSR count). The Labute approximate surface area is 416 Å². The first-order valence-electron chi connectivity index (χ1n) is 26.1. The van der Waals surface area contributed by atoms with E-state index in [9.17, 15) is 43.5 Å². The van der Waals surface area contributed by atoms with E-state index in [-0.39, 0.29) is 104 Å². The van der Waals surface area contributed by atoms with Crippen LogP contribution in [0.3, 0.4) is 0 Å². The van der Waals surface area contributed by atoms with E-state index >= 15 is 0 Å². The summed E-state index contributed by atoms with van der Waals surface area (Å²) in [6.07, 6.45) is 12.3. The van der Waals surface area contributed by atoms with E-state index in [4.69, 9.17) is 29.4 Å². The SMILES string of the molecule is CCCC1O[C@@H]2C[C@H]3[C@@H]4CCC5=CC(=O)C=C[C@]5(C)[C@H]4[C@@H](O)C[C@]3(C)[C@]2(C(=O)COC2CCCC(COC(=O)[C@H](CCCNC(N)=O)CC(=O)[C@@H](NC(=O)CCCCCN3C(=O)C=CC3=O)C(C)C)O2)O1. The Morgan fingerprint density at radius 1 is 0.986 bits per heavy atom. The molecule has 3 heterocycles. The Morgan fingerprint density at radius 2 is 1.75 bits per heavy atom. The number of hydrogen-bond donors (Lipinski definition) is 4. The van der Waals surface area contributed by atoms with Crippen molar-refractivity contribution in [3.63, 3.8) is 0 Å². The maximum absolute atomic E-state index is 14.9. The van der Waals surface area contributed by atoms with Crippen molar-refractivity contribution in [2.75, 3.05) is 26.3 Å². The van der Waals surface area contributed by atoms with Gasteiger partial charge >= 0.3 is 12.0 Å². The number of primary amides is 1. The van der Waals surface area contributed by atoms with Gasteiger partial charge in [-0.05, 0) is 107 Å². The van der Waals surface area contributed by atoms with Crippen molar-refractivity contribution in [3.05, 3.63) is 36.0 Å². The highest BCUT2D eigenvalue weighted by molar-refractivity contribution is 6.12. The smallest absolute Gasteiger partial charge is 0.312 e. The highest BCUT2D eigenvalue weighted by Gasteiger charge is 2.75. The molecule has 3 unspecified atom stereocenters. The molecular formula is C53H76N4O14.